The molecule has 0 aromatic carbocycles. The fraction of sp³-hybridized carbons (Fsp3) is 0.556. The van der Waals surface area contributed by atoms with Crippen LogP contribution in [-0.4, -0.2) is 41.8 Å². The molecule has 1 aromatic rings. The van der Waals surface area contributed by atoms with Crippen molar-refractivity contribution in [3.05, 3.63) is 22.5 Å². The van der Waals surface area contributed by atoms with Crippen molar-refractivity contribution in [3.8, 4) is 0 Å². The third-order valence-electron chi connectivity index (χ3n) is 3.17. The molecule has 160 valence electrons. The summed E-state index contributed by atoms with van der Waals surface area (Å²) < 4.78 is 64.5. The normalized spacial score (nSPS) is 24.6. The van der Waals surface area contributed by atoms with Crippen molar-refractivity contribution < 1.29 is 55.5 Å². The molecule has 2 unspecified atom stereocenters. The average Bonchev–Trinajstić information content (AvgIpc) is 2.94. The van der Waals surface area contributed by atoms with Gasteiger partial charge in [-0.2, -0.15) is 13.6 Å². The van der Waals surface area contributed by atoms with Crippen LogP contribution in [0, 0.1) is 5.82 Å². The Morgan fingerprint density at radius 2 is 1.86 bits per heavy atom. The van der Waals surface area contributed by atoms with Crippen molar-refractivity contribution in [2.45, 2.75) is 25.2 Å². The highest BCUT2D eigenvalue weighted by molar-refractivity contribution is 7.66. The molecule has 1 aliphatic rings. The van der Waals surface area contributed by atoms with E-state index < -0.39 is 59.7 Å². The van der Waals surface area contributed by atoms with Gasteiger partial charge in [0.25, 0.3) is 0 Å². The smallest absolute Gasteiger partial charge is 0.381 e. The molecule has 4 atom stereocenters. The molecule has 0 spiro atoms. The van der Waals surface area contributed by atoms with Gasteiger partial charge in [0, 0.05) is 0 Å². The van der Waals surface area contributed by atoms with E-state index in [4.69, 9.17) is 25.2 Å². The second-order valence-electron chi connectivity index (χ2n) is 5.34. The van der Waals surface area contributed by atoms with Crippen LogP contribution in [0.3, 0.4) is 0 Å². The number of halogens is 1. The molecular formula is C9H15FN3O12P3. The highest BCUT2D eigenvalue weighted by Gasteiger charge is 2.41. The number of phosphoric acid groups is 3. The molecule has 0 amide bonds. The van der Waals surface area contributed by atoms with E-state index in [-0.39, 0.29) is 12.8 Å². The van der Waals surface area contributed by atoms with Crippen LogP contribution in [0.25, 0.3) is 0 Å². The minimum atomic E-state index is -5.62. The summed E-state index contributed by atoms with van der Waals surface area (Å²) in [5.74, 6) is -1.55. The molecule has 2 heterocycles. The van der Waals surface area contributed by atoms with Crippen LogP contribution < -0.4 is 11.4 Å². The summed E-state index contributed by atoms with van der Waals surface area (Å²) in [5.41, 5.74) is 4.27. The lowest BCUT2D eigenvalue weighted by molar-refractivity contribution is -0.0246. The maximum atomic E-state index is 13.5. The quantitative estimate of drug-likeness (QED) is 0.315. The standard InChI is InChI=1S/C9H15FN3O12P3/c10-6-3-13(9(14)12-8(6)11)7-2-1-5(23-7)4-22-27(18,19)25-28(20,21)24-26(15,16)17/h3,5,7H,1-2,4H2,(H,18,19)(H,20,21)(H2,11,12,14)(H2,15,16,17)/t5-,7-/m0/s1. The predicted molar refractivity (Wildman–Crippen MR) is 85.8 cm³/mol. The fourth-order valence-electron chi connectivity index (χ4n) is 2.16. The molecule has 1 aliphatic heterocycles. The fourth-order valence-corrected chi connectivity index (χ4v) is 5.21. The van der Waals surface area contributed by atoms with Crippen molar-refractivity contribution in [2.24, 2.45) is 0 Å². The van der Waals surface area contributed by atoms with Crippen LogP contribution in [0.4, 0.5) is 10.2 Å². The van der Waals surface area contributed by atoms with Gasteiger partial charge in [0.1, 0.15) is 6.23 Å². The zero-order valence-corrected chi connectivity index (χ0v) is 16.3. The molecular weight excluding hydrogens is 454 g/mol. The number of nitrogen functional groups attached to an aromatic ring is 1. The number of rotatable bonds is 8. The maximum Gasteiger partial charge on any atom is 0.490 e. The first-order valence-electron chi connectivity index (χ1n) is 7.15. The summed E-state index contributed by atoms with van der Waals surface area (Å²) in [6.45, 7) is -0.681. The molecule has 28 heavy (non-hydrogen) atoms. The predicted octanol–water partition coefficient (Wildman–Crippen LogP) is -0.0145. The molecule has 6 N–H and O–H groups in total. The second kappa shape index (κ2) is 8.38. The van der Waals surface area contributed by atoms with Gasteiger partial charge in [0.2, 0.25) is 0 Å². The molecule has 0 bridgehead atoms. The molecule has 19 heteroatoms. The summed E-state index contributed by atoms with van der Waals surface area (Å²) in [6.07, 6.45) is -0.791. The van der Waals surface area contributed by atoms with Gasteiger partial charge in [-0.15, -0.1) is 0 Å². The summed E-state index contributed by atoms with van der Waals surface area (Å²) >= 11 is 0. The number of nitrogens with two attached hydrogens (primary N) is 1. The minimum absolute atomic E-state index is 0.162. The molecule has 1 fully saturated rings. The van der Waals surface area contributed by atoms with Crippen molar-refractivity contribution in [3.63, 3.8) is 0 Å². The van der Waals surface area contributed by atoms with Crippen molar-refractivity contribution in [1.82, 2.24) is 9.55 Å². The zero-order chi connectivity index (χ0) is 21.3. The molecule has 1 saturated heterocycles. The number of ether oxygens (including phenoxy) is 1. The molecule has 15 nitrogen and oxygen atoms in total. The Bertz CT molecular complexity index is 933. The van der Waals surface area contributed by atoms with Gasteiger partial charge in [0.15, 0.2) is 11.6 Å². The van der Waals surface area contributed by atoms with E-state index in [0.29, 0.717) is 0 Å². The van der Waals surface area contributed by atoms with E-state index in [1.165, 1.54) is 0 Å². The first-order chi connectivity index (χ1) is 12.7. The lowest BCUT2D eigenvalue weighted by atomic mass is 10.2. The summed E-state index contributed by atoms with van der Waals surface area (Å²) in [5, 5.41) is 0. The first kappa shape index (κ1) is 23.3. The SMILES string of the molecule is Nc1nc(=O)n([C@@H]2CC[C@@H](COP(=O)(O)OP(=O)(O)OP(=O)(O)O)O2)cc1F. The van der Waals surface area contributed by atoms with Gasteiger partial charge in [-0.05, 0) is 12.8 Å². The molecule has 1 aromatic heterocycles. The van der Waals surface area contributed by atoms with Gasteiger partial charge in [-0.25, -0.2) is 22.9 Å². The minimum Gasteiger partial charge on any atom is -0.381 e. The number of phosphoric ester groups is 1. The second-order valence-corrected chi connectivity index (χ2v) is 9.76. The van der Waals surface area contributed by atoms with E-state index in [1.807, 2.05) is 0 Å². The Morgan fingerprint density at radius 3 is 2.46 bits per heavy atom. The summed E-state index contributed by atoms with van der Waals surface area (Å²) in [7, 11) is -16.4. The monoisotopic (exact) mass is 469 g/mol. The number of nitrogens with zero attached hydrogens (tertiary/aromatic N) is 2. The Balaban J connectivity index is 1.95. The Morgan fingerprint density at radius 1 is 1.21 bits per heavy atom. The van der Waals surface area contributed by atoms with E-state index in [9.17, 15) is 27.8 Å². The molecule has 0 radical (unpaired) electrons. The molecule has 2 rings (SSSR count). The summed E-state index contributed by atoms with van der Waals surface area (Å²) in [6, 6.07) is 0. The summed E-state index contributed by atoms with van der Waals surface area (Å²) in [4.78, 5) is 50.2. The largest absolute Gasteiger partial charge is 0.490 e. The topological polar surface area (TPSA) is 230 Å². The highest BCUT2D eigenvalue weighted by atomic mass is 31.3. The van der Waals surface area contributed by atoms with Crippen molar-refractivity contribution in [1.29, 1.82) is 0 Å². The lowest BCUT2D eigenvalue weighted by Gasteiger charge is -2.18. The first-order valence-corrected chi connectivity index (χ1v) is 11.7. The lowest BCUT2D eigenvalue weighted by Crippen LogP contribution is -2.29. The van der Waals surface area contributed by atoms with E-state index in [1.54, 1.807) is 0 Å². The molecule has 0 saturated carbocycles. The highest BCUT2D eigenvalue weighted by Crippen LogP contribution is 2.66. The van der Waals surface area contributed by atoms with Crippen LogP contribution in [0.2, 0.25) is 0 Å². The molecule has 0 aliphatic carbocycles. The van der Waals surface area contributed by atoms with Crippen molar-refractivity contribution in [2.75, 3.05) is 12.3 Å². The van der Waals surface area contributed by atoms with Crippen molar-refractivity contribution >= 4 is 29.3 Å². The van der Waals surface area contributed by atoms with E-state index >= 15 is 0 Å². The van der Waals surface area contributed by atoms with Crippen LogP contribution >= 0.6 is 23.5 Å². The number of aromatic nitrogens is 2. The van der Waals surface area contributed by atoms with Crippen LogP contribution in [0.5, 0.6) is 0 Å². The van der Waals surface area contributed by atoms with Gasteiger partial charge >= 0.3 is 29.2 Å². The van der Waals surface area contributed by atoms with Crippen LogP contribution in [0.1, 0.15) is 19.1 Å². The average molecular weight is 469 g/mol. The Kier molecular flexibility index (Phi) is 6.96. The third kappa shape index (κ3) is 6.79. The van der Waals surface area contributed by atoms with Gasteiger partial charge in [-0.1, -0.05) is 0 Å². The van der Waals surface area contributed by atoms with Crippen LogP contribution in [0.15, 0.2) is 11.0 Å². The van der Waals surface area contributed by atoms with E-state index in [0.717, 1.165) is 10.8 Å². The number of anilines is 1. The van der Waals surface area contributed by atoms with Gasteiger partial charge < -0.3 is 30.0 Å². The Hall–Kier alpha value is -1.02. The van der Waals surface area contributed by atoms with Crippen LogP contribution in [-0.2, 0) is 31.6 Å². The zero-order valence-electron chi connectivity index (χ0n) is 13.6. The van der Waals surface area contributed by atoms with Gasteiger partial charge in [-0.3, -0.25) is 9.09 Å². The third-order valence-corrected chi connectivity index (χ3v) is 6.97. The van der Waals surface area contributed by atoms with E-state index in [2.05, 4.69) is 18.1 Å². The maximum absolute atomic E-state index is 13.5. The number of hydrogen-bond acceptors (Lipinski definition) is 10. The number of hydrogen-bond donors (Lipinski definition) is 5. The van der Waals surface area contributed by atoms with Gasteiger partial charge in [0.05, 0.1) is 18.9 Å². The Labute approximate surface area is 155 Å².